The van der Waals surface area contributed by atoms with Crippen molar-refractivity contribution in [2.75, 3.05) is 5.32 Å². The summed E-state index contributed by atoms with van der Waals surface area (Å²) >= 11 is 0. The summed E-state index contributed by atoms with van der Waals surface area (Å²) in [5, 5.41) is 24.1. The minimum atomic E-state index is -0.953. The zero-order valence-electron chi connectivity index (χ0n) is 14.2. The Balaban J connectivity index is 1.81. The first kappa shape index (κ1) is 16.3. The average molecular weight is 350 g/mol. The molecular formula is C20H18N2O4. The number of aromatic carboxylic acids is 1. The van der Waals surface area contributed by atoms with Gasteiger partial charge in [-0.25, -0.2) is 4.79 Å². The quantitative estimate of drug-likeness (QED) is 0.485. The van der Waals surface area contributed by atoms with Crippen molar-refractivity contribution in [2.45, 2.75) is 25.3 Å². The third-order valence-electron chi connectivity index (χ3n) is 5.42. The van der Waals surface area contributed by atoms with E-state index in [2.05, 4.69) is 17.5 Å². The van der Waals surface area contributed by atoms with Crippen LogP contribution < -0.4 is 5.32 Å². The van der Waals surface area contributed by atoms with Crippen molar-refractivity contribution >= 4 is 17.3 Å². The predicted octanol–water partition coefficient (Wildman–Crippen LogP) is 4.43. The van der Waals surface area contributed by atoms with E-state index in [0.717, 1.165) is 28.8 Å². The van der Waals surface area contributed by atoms with E-state index in [9.17, 15) is 14.9 Å². The number of rotatable bonds is 3. The zero-order chi connectivity index (χ0) is 18.4. The normalized spacial score (nSPS) is 23.0. The third-order valence-corrected chi connectivity index (χ3v) is 5.42. The Hall–Kier alpha value is -3.15. The fourth-order valence-corrected chi connectivity index (χ4v) is 4.16. The second kappa shape index (κ2) is 5.98. The summed E-state index contributed by atoms with van der Waals surface area (Å²) < 4.78 is 0. The molecule has 0 amide bonds. The van der Waals surface area contributed by atoms with Gasteiger partial charge in [0.25, 0.3) is 5.69 Å². The van der Waals surface area contributed by atoms with Gasteiger partial charge in [-0.1, -0.05) is 30.4 Å². The number of benzene rings is 2. The van der Waals surface area contributed by atoms with Gasteiger partial charge in [0.2, 0.25) is 0 Å². The maximum Gasteiger partial charge on any atom is 0.335 e. The molecule has 1 aliphatic heterocycles. The molecule has 3 atom stereocenters. The van der Waals surface area contributed by atoms with Crippen LogP contribution in [0.25, 0.3) is 0 Å². The molecule has 0 aromatic heterocycles. The molecule has 2 aromatic carbocycles. The number of nitro benzene ring substituents is 1. The van der Waals surface area contributed by atoms with E-state index in [0.29, 0.717) is 0 Å². The number of hydrogen-bond donors (Lipinski definition) is 2. The number of hydrogen-bond acceptors (Lipinski definition) is 4. The van der Waals surface area contributed by atoms with Crippen molar-refractivity contribution in [3.8, 4) is 0 Å². The lowest BCUT2D eigenvalue weighted by molar-refractivity contribution is -0.385. The Morgan fingerprint density at radius 2 is 1.96 bits per heavy atom. The Morgan fingerprint density at radius 1 is 1.23 bits per heavy atom. The summed E-state index contributed by atoms with van der Waals surface area (Å²) in [5.74, 6) is -0.806. The molecule has 0 radical (unpaired) electrons. The Morgan fingerprint density at radius 3 is 2.62 bits per heavy atom. The first-order valence-corrected chi connectivity index (χ1v) is 8.51. The number of aryl methyl sites for hydroxylation is 1. The van der Waals surface area contributed by atoms with Crippen LogP contribution in [0, 0.1) is 23.0 Å². The molecule has 6 heteroatoms. The van der Waals surface area contributed by atoms with Gasteiger partial charge in [-0.15, -0.1) is 0 Å². The number of allylic oxidation sites excluding steroid dienone is 2. The number of nitro groups is 1. The van der Waals surface area contributed by atoms with Crippen LogP contribution in [0.1, 0.15) is 45.4 Å². The van der Waals surface area contributed by atoms with Crippen LogP contribution in [-0.4, -0.2) is 16.0 Å². The molecule has 1 heterocycles. The minimum Gasteiger partial charge on any atom is -0.478 e. The molecule has 4 rings (SSSR count). The molecule has 0 bridgehead atoms. The highest BCUT2D eigenvalue weighted by Gasteiger charge is 2.42. The summed E-state index contributed by atoms with van der Waals surface area (Å²) in [5.41, 5.74) is 3.94. The maximum atomic E-state index is 11.5. The van der Waals surface area contributed by atoms with Crippen molar-refractivity contribution in [2.24, 2.45) is 5.92 Å². The van der Waals surface area contributed by atoms with Gasteiger partial charge in [-0.3, -0.25) is 10.1 Å². The second-order valence-electron chi connectivity index (χ2n) is 6.85. The molecule has 132 valence electrons. The first-order chi connectivity index (χ1) is 12.5. The molecule has 2 aromatic rings. The number of carboxylic acids is 1. The highest BCUT2D eigenvalue weighted by Crippen LogP contribution is 2.53. The van der Waals surface area contributed by atoms with Gasteiger partial charge in [-0.05, 0) is 42.5 Å². The molecule has 0 spiro atoms. The molecule has 26 heavy (non-hydrogen) atoms. The summed E-state index contributed by atoms with van der Waals surface area (Å²) in [6, 6.07) is 10.2. The molecule has 2 N–H and O–H groups in total. The van der Waals surface area contributed by atoms with Crippen molar-refractivity contribution in [3.05, 3.63) is 80.9 Å². The number of nitrogens with zero attached hydrogens (tertiary/aromatic N) is 1. The number of fused-ring (bicyclic) bond motifs is 3. The van der Waals surface area contributed by atoms with Crippen LogP contribution >= 0.6 is 0 Å². The number of nitrogens with one attached hydrogen (secondary N) is 1. The lowest BCUT2D eigenvalue weighted by Gasteiger charge is -2.38. The van der Waals surface area contributed by atoms with Crippen LogP contribution in [0.2, 0.25) is 0 Å². The van der Waals surface area contributed by atoms with Crippen molar-refractivity contribution in [3.63, 3.8) is 0 Å². The minimum absolute atomic E-state index is 0.0179. The van der Waals surface area contributed by atoms with E-state index in [4.69, 9.17) is 5.11 Å². The molecule has 2 aliphatic rings. The predicted molar refractivity (Wildman–Crippen MR) is 97.6 cm³/mol. The van der Waals surface area contributed by atoms with Gasteiger partial charge in [0.05, 0.1) is 22.1 Å². The highest BCUT2D eigenvalue weighted by atomic mass is 16.6. The molecule has 0 fully saturated rings. The maximum absolute atomic E-state index is 11.5. The van der Waals surface area contributed by atoms with Gasteiger partial charge in [0, 0.05) is 17.7 Å². The lowest BCUT2D eigenvalue weighted by Crippen LogP contribution is -2.30. The van der Waals surface area contributed by atoms with Gasteiger partial charge >= 0.3 is 5.97 Å². The van der Waals surface area contributed by atoms with Crippen LogP contribution in [0.15, 0.2) is 48.6 Å². The number of anilines is 1. The SMILES string of the molecule is Cc1ccc([N+](=O)[O-])c2c1N[C@@H](c1ccc(C(=O)O)cc1)[C@@H]1CC=C[C@H]21. The summed E-state index contributed by atoms with van der Waals surface area (Å²) in [6.45, 7) is 1.94. The average Bonchev–Trinajstić information content (AvgIpc) is 3.11. The van der Waals surface area contributed by atoms with E-state index in [1.165, 1.54) is 0 Å². The fourth-order valence-electron chi connectivity index (χ4n) is 4.16. The van der Waals surface area contributed by atoms with Gasteiger partial charge in [0.1, 0.15) is 0 Å². The van der Waals surface area contributed by atoms with Crippen LogP contribution in [0.4, 0.5) is 11.4 Å². The highest BCUT2D eigenvalue weighted by molar-refractivity contribution is 5.87. The van der Waals surface area contributed by atoms with E-state index in [1.807, 2.05) is 19.1 Å². The molecule has 0 unspecified atom stereocenters. The Labute approximate surface area is 150 Å². The molecule has 1 aliphatic carbocycles. The summed E-state index contributed by atoms with van der Waals surface area (Å²) in [4.78, 5) is 22.3. The number of carboxylic acid groups (broad SMARTS) is 1. The van der Waals surface area contributed by atoms with Gasteiger partial charge in [-0.2, -0.15) is 0 Å². The molecule has 0 saturated heterocycles. The van der Waals surface area contributed by atoms with Crippen LogP contribution in [0.3, 0.4) is 0 Å². The van der Waals surface area contributed by atoms with E-state index in [-0.39, 0.29) is 34.1 Å². The fraction of sp³-hybridized carbons (Fsp3) is 0.250. The number of carbonyl (C=O) groups is 1. The molecule has 0 saturated carbocycles. The van der Waals surface area contributed by atoms with Gasteiger partial charge < -0.3 is 10.4 Å². The van der Waals surface area contributed by atoms with Crippen molar-refractivity contribution < 1.29 is 14.8 Å². The summed E-state index contributed by atoms with van der Waals surface area (Å²) in [6.07, 6.45) is 4.97. The third kappa shape index (κ3) is 2.45. The first-order valence-electron chi connectivity index (χ1n) is 8.51. The Kier molecular flexibility index (Phi) is 3.76. The van der Waals surface area contributed by atoms with E-state index < -0.39 is 5.97 Å². The van der Waals surface area contributed by atoms with E-state index in [1.54, 1.807) is 24.3 Å². The van der Waals surface area contributed by atoms with Crippen molar-refractivity contribution in [1.29, 1.82) is 0 Å². The van der Waals surface area contributed by atoms with Crippen molar-refractivity contribution in [1.82, 2.24) is 0 Å². The lowest BCUT2D eigenvalue weighted by atomic mass is 9.75. The zero-order valence-corrected chi connectivity index (χ0v) is 14.2. The molecular weight excluding hydrogens is 332 g/mol. The smallest absolute Gasteiger partial charge is 0.335 e. The Bertz CT molecular complexity index is 934. The molecule has 6 nitrogen and oxygen atoms in total. The topological polar surface area (TPSA) is 92.5 Å². The van der Waals surface area contributed by atoms with Crippen LogP contribution in [0.5, 0.6) is 0 Å². The standard InChI is InChI=1S/C20H18N2O4/c1-11-5-10-16(22(25)26)17-14-3-2-4-15(14)19(21-18(11)17)12-6-8-13(9-7-12)20(23)24/h2-3,5-10,14-15,19,21H,4H2,1H3,(H,23,24)/t14-,15+,19-/m0/s1. The summed E-state index contributed by atoms with van der Waals surface area (Å²) in [7, 11) is 0. The second-order valence-corrected chi connectivity index (χ2v) is 6.85. The van der Waals surface area contributed by atoms with E-state index >= 15 is 0 Å². The van der Waals surface area contributed by atoms with Gasteiger partial charge in [0.15, 0.2) is 0 Å². The monoisotopic (exact) mass is 350 g/mol. The largest absolute Gasteiger partial charge is 0.478 e. The van der Waals surface area contributed by atoms with Crippen LogP contribution in [-0.2, 0) is 0 Å².